The fourth-order valence-electron chi connectivity index (χ4n) is 2.08. The molecular formula is C21H14O2. The van der Waals surface area contributed by atoms with Crippen LogP contribution in [0.4, 0.5) is 0 Å². The fourth-order valence-corrected chi connectivity index (χ4v) is 2.08. The minimum Gasteiger partial charge on any atom is -0.461 e. The first-order valence-electron chi connectivity index (χ1n) is 7.25. The molecule has 0 saturated heterocycles. The second-order valence-electron chi connectivity index (χ2n) is 4.89. The first-order valence-corrected chi connectivity index (χ1v) is 7.25. The Bertz CT molecular complexity index is 862. The van der Waals surface area contributed by atoms with E-state index in [4.69, 9.17) is 4.42 Å². The summed E-state index contributed by atoms with van der Waals surface area (Å²) < 4.78 is 5.21. The first kappa shape index (κ1) is 14.6. The van der Waals surface area contributed by atoms with Gasteiger partial charge in [-0.05, 0) is 35.9 Å². The molecule has 0 saturated carbocycles. The Labute approximate surface area is 135 Å². The van der Waals surface area contributed by atoms with Gasteiger partial charge >= 0.3 is 0 Å². The second-order valence-corrected chi connectivity index (χ2v) is 4.89. The van der Waals surface area contributed by atoms with Gasteiger partial charge in [-0.2, -0.15) is 0 Å². The van der Waals surface area contributed by atoms with E-state index in [-0.39, 0.29) is 11.5 Å². The van der Waals surface area contributed by atoms with Crippen molar-refractivity contribution < 1.29 is 9.21 Å². The molecule has 2 aromatic carbocycles. The minimum absolute atomic E-state index is 0.220. The minimum atomic E-state index is -0.220. The Balaban J connectivity index is 1.99. The molecular weight excluding hydrogens is 284 g/mol. The lowest BCUT2D eigenvalue weighted by Crippen LogP contribution is -2.00. The third-order valence-electron chi connectivity index (χ3n) is 3.22. The molecule has 0 atom stereocenters. The van der Waals surface area contributed by atoms with Crippen LogP contribution >= 0.6 is 0 Å². The van der Waals surface area contributed by atoms with Crippen molar-refractivity contribution in [2.45, 2.75) is 0 Å². The third-order valence-corrected chi connectivity index (χ3v) is 3.22. The van der Waals surface area contributed by atoms with Crippen LogP contribution in [0.5, 0.6) is 0 Å². The summed E-state index contributed by atoms with van der Waals surface area (Å²) in [5, 5.41) is 0. The van der Waals surface area contributed by atoms with Crippen LogP contribution < -0.4 is 0 Å². The summed E-state index contributed by atoms with van der Waals surface area (Å²) in [6.45, 7) is 0. The first-order chi connectivity index (χ1) is 11.3. The predicted molar refractivity (Wildman–Crippen MR) is 90.8 cm³/mol. The van der Waals surface area contributed by atoms with E-state index in [1.807, 2.05) is 60.7 Å². The highest BCUT2D eigenvalue weighted by molar-refractivity contribution is 6.12. The number of allylic oxidation sites excluding steroid dienone is 1. The predicted octanol–water partition coefficient (Wildman–Crippen LogP) is 4.60. The molecule has 0 aliphatic rings. The topological polar surface area (TPSA) is 30.2 Å². The molecule has 110 valence electrons. The van der Waals surface area contributed by atoms with E-state index >= 15 is 0 Å². The van der Waals surface area contributed by atoms with Crippen LogP contribution in [0.2, 0.25) is 0 Å². The molecule has 0 unspecified atom stereocenters. The Morgan fingerprint density at radius 1 is 0.870 bits per heavy atom. The number of ketones is 1. The van der Waals surface area contributed by atoms with Gasteiger partial charge in [-0.3, -0.25) is 4.79 Å². The van der Waals surface area contributed by atoms with E-state index in [2.05, 4.69) is 11.8 Å². The molecule has 0 amide bonds. The van der Waals surface area contributed by atoms with Gasteiger partial charge in [-0.1, -0.05) is 60.4 Å². The van der Waals surface area contributed by atoms with Gasteiger partial charge < -0.3 is 4.42 Å². The summed E-state index contributed by atoms with van der Waals surface area (Å²) in [6.07, 6.45) is 3.26. The largest absolute Gasteiger partial charge is 0.461 e. The SMILES string of the molecule is O=C(C(C#Cc1ccccc1)=Cc1ccccc1)c1ccco1. The van der Waals surface area contributed by atoms with Gasteiger partial charge in [0.05, 0.1) is 11.8 Å². The molecule has 2 heteroatoms. The summed E-state index contributed by atoms with van der Waals surface area (Å²) in [5.41, 5.74) is 2.18. The van der Waals surface area contributed by atoms with E-state index in [0.717, 1.165) is 11.1 Å². The molecule has 0 N–H and O–H groups in total. The standard InChI is InChI=1S/C21H14O2/c22-21(20-12-7-15-23-20)19(16-18-10-5-2-6-11-18)14-13-17-8-3-1-4-9-17/h1-12,15-16H. The normalized spacial score (nSPS) is 10.7. The van der Waals surface area contributed by atoms with Gasteiger partial charge in [0.1, 0.15) is 0 Å². The van der Waals surface area contributed by atoms with E-state index in [1.54, 1.807) is 18.2 Å². The van der Waals surface area contributed by atoms with Crippen LogP contribution in [-0.4, -0.2) is 5.78 Å². The summed E-state index contributed by atoms with van der Waals surface area (Å²) >= 11 is 0. The average molecular weight is 298 g/mol. The van der Waals surface area contributed by atoms with Crippen molar-refractivity contribution in [3.05, 3.63) is 102 Å². The van der Waals surface area contributed by atoms with Crippen LogP contribution in [0.25, 0.3) is 6.08 Å². The molecule has 1 heterocycles. The average Bonchev–Trinajstić information content (AvgIpc) is 3.14. The molecule has 3 rings (SSSR count). The number of rotatable bonds is 3. The lowest BCUT2D eigenvalue weighted by atomic mass is 10.1. The Hall–Kier alpha value is -3.31. The van der Waals surface area contributed by atoms with E-state index in [1.165, 1.54) is 6.26 Å². The summed E-state index contributed by atoms with van der Waals surface area (Å²) in [6, 6.07) is 22.5. The van der Waals surface area contributed by atoms with Gasteiger partial charge in [0.15, 0.2) is 5.76 Å². The quantitative estimate of drug-likeness (QED) is 0.402. The molecule has 0 bridgehead atoms. The van der Waals surface area contributed by atoms with Gasteiger partial charge in [0, 0.05) is 5.56 Å². The van der Waals surface area contributed by atoms with Crippen molar-refractivity contribution in [2.24, 2.45) is 0 Å². The lowest BCUT2D eigenvalue weighted by molar-refractivity contribution is 0.101. The third kappa shape index (κ3) is 3.87. The number of hydrogen-bond donors (Lipinski definition) is 0. The van der Waals surface area contributed by atoms with Crippen molar-refractivity contribution in [1.82, 2.24) is 0 Å². The number of benzene rings is 2. The zero-order valence-corrected chi connectivity index (χ0v) is 12.4. The summed E-state index contributed by atoms with van der Waals surface area (Å²) in [7, 11) is 0. The van der Waals surface area contributed by atoms with Gasteiger partial charge in [-0.25, -0.2) is 0 Å². The molecule has 0 radical (unpaired) electrons. The van der Waals surface area contributed by atoms with Crippen LogP contribution in [-0.2, 0) is 0 Å². The molecule has 3 aromatic rings. The number of hydrogen-bond acceptors (Lipinski definition) is 2. The van der Waals surface area contributed by atoms with Gasteiger partial charge in [0.2, 0.25) is 5.78 Å². The zero-order chi connectivity index (χ0) is 15.9. The van der Waals surface area contributed by atoms with Crippen LogP contribution in [0.15, 0.2) is 89.0 Å². The second kappa shape index (κ2) is 7.11. The molecule has 0 fully saturated rings. The van der Waals surface area contributed by atoms with E-state index in [0.29, 0.717) is 5.57 Å². The zero-order valence-electron chi connectivity index (χ0n) is 12.4. The molecule has 0 aliphatic heterocycles. The van der Waals surface area contributed by atoms with Crippen LogP contribution in [0, 0.1) is 11.8 Å². The lowest BCUT2D eigenvalue weighted by Gasteiger charge is -1.98. The fraction of sp³-hybridized carbons (Fsp3) is 0. The molecule has 23 heavy (non-hydrogen) atoms. The monoisotopic (exact) mass is 298 g/mol. The highest BCUT2D eigenvalue weighted by atomic mass is 16.3. The summed E-state index contributed by atoms with van der Waals surface area (Å²) in [5.74, 6) is 6.07. The Morgan fingerprint density at radius 2 is 1.57 bits per heavy atom. The number of carbonyl (C=O) groups is 1. The smallest absolute Gasteiger partial charge is 0.236 e. The van der Waals surface area contributed by atoms with Crippen molar-refractivity contribution in [3.63, 3.8) is 0 Å². The molecule has 0 spiro atoms. The van der Waals surface area contributed by atoms with E-state index in [9.17, 15) is 4.79 Å². The summed E-state index contributed by atoms with van der Waals surface area (Å²) in [4.78, 5) is 12.6. The van der Waals surface area contributed by atoms with Crippen molar-refractivity contribution in [2.75, 3.05) is 0 Å². The van der Waals surface area contributed by atoms with E-state index < -0.39 is 0 Å². The highest BCUT2D eigenvalue weighted by Crippen LogP contribution is 2.13. The number of carbonyl (C=O) groups excluding carboxylic acids is 1. The van der Waals surface area contributed by atoms with Crippen molar-refractivity contribution >= 4 is 11.9 Å². The molecule has 1 aromatic heterocycles. The van der Waals surface area contributed by atoms with Gasteiger partial charge in [0.25, 0.3) is 0 Å². The van der Waals surface area contributed by atoms with Crippen LogP contribution in [0.1, 0.15) is 21.7 Å². The van der Waals surface area contributed by atoms with Crippen molar-refractivity contribution in [3.8, 4) is 11.8 Å². The Kier molecular flexibility index (Phi) is 4.52. The highest BCUT2D eigenvalue weighted by Gasteiger charge is 2.13. The molecule has 2 nitrogen and oxygen atoms in total. The number of Topliss-reactive ketones (excluding diaryl/α,β-unsaturated/α-hetero) is 1. The van der Waals surface area contributed by atoms with Crippen molar-refractivity contribution in [1.29, 1.82) is 0 Å². The molecule has 0 aliphatic carbocycles. The maximum atomic E-state index is 12.6. The maximum absolute atomic E-state index is 12.6. The Morgan fingerprint density at radius 3 is 2.22 bits per heavy atom. The maximum Gasteiger partial charge on any atom is 0.236 e. The number of furan rings is 1. The van der Waals surface area contributed by atoms with Crippen LogP contribution in [0.3, 0.4) is 0 Å². The van der Waals surface area contributed by atoms with Gasteiger partial charge in [-0.15, -0.1) is 0 Å².